The molecule has 2 N–H and O–H groups in total. The summed E-state index contributed by atoms with van der Waals surface area (Å²) in [7, 11) is 0. The van der Waals surface area contributed by atoms with Gasteiger partial charge in [-0.25, -0.2) is 0 Å². The molecule has 1 aliphatic rings. The maximum absolute atomic E-state index is 12.1. The smallest absolute Gasteiger partial charge is 0.306 e. The van der Waals surface area contributed by atoms with Crippen LogP contribution in [0.4, 0.5) is 5.69 Å². The largest absolute Gasteiger partial charge is 0.481 e. The summed E-state index contributed by atoms with van der Waals surface area (Å²) in [6.45, 7) is 0. The van der Waals surface area contributed by atoms with Crippen molar-refractivity contribution in [2.24, 2.45) is 11.8 Å². The number of benzene rings is 1. The molecule has 0 radical (unpaired) electrons. The van der Waals surface area contributed by atoms with E-state index in [-0.39, 0.29) is 17.7 Å². The summed E-state index contributed by atoms with van der Waals surface area (Å²) in [4.78, 5) is 24.0. The third kappa shape index (κ3) is 3.50. The lowest BCUT2D eigenvalue weighted by atomic mass is 10.0. The normalized spacial score (nSPS) is 22.2. The van der Waals surface area contributed by atoms with Gasteiger partial charge in [-0.15, -0.1) is 11.8 Å². The molecule has 2 rings (SSSR count). The fourth-order valence-corrected chi connectivity index (χ4v) is 2.85. The van der Waals surface area contributed by atoms with E-state index < -0.39 is 5.97 Å². The first-order valence-electron chi connectivity index (χ1n) is 6.28. The van der Waals surface area contributed by atoms with Crippen LogP contribution in [0.1, 0.15) is 19.3 Å². The molecule has 1 amide bonds. The Kier molecular flexibility index (Phi) is 4.47. The van der Waals surface area contributed by atoms with Crippen molar-refractivity contribution in [3.05, 3.63) is 24.3 Å². The molecule has 1 aromatic rings. The van der Waals surface area contributed by atoms with Crippen molar-refractivity contribution in [1.29, 1.82) is 0 Å². The summed E-state index contributed by atoms with van der Waals surface area (Å²) in [5, 5.41) is 11.8. The first-order chi connectivity index (χ1) is 9.10. The van der Waals surface area contributed by atoms with Gasteiger partial charge in [0.1, 0.15) is 0 Å². The van der Waals surface area contributed by atoms with Gasteiger partial charge in [-0.1, -0.05) is 6.07 Å². The van der Waals surface area contributed by atoms with Gasteiger partial charge < -0.3 is 10.4 Å². The van der Waals surface area contributed by atoms with Crippen molar-refractivity contribution >= 4 is 29.3 Å². The number of carbonyl (C=O) groups excluding carboxylic acids is 1. The highest BCUT2D eigenvalue weighted by molar-refractivity contribution is 7.98. The van der Waals surface area contributed by atoms with Crippen LogP contribution in [0.15, 0.2) is 29.2 Å². The van der Waals surface area contributed by atoms with Crippen molar-refractivity contribution < 1.29 is 14.7 Å². The number of carboxylic acid groups (broad SMARTS) is 1. The van der Waals surface area contributed by atoms with Gasteiger partial charge in [-0.05, 0) is 43.7 Å². The maximum Gasteiger partial charge on any atom is 0.306 e. The lowest BCUT2D eigenvalue weighted by Gasteiger charge is -2.11. The number of carboxylic acids is 1. The number of carbonyl (C=O) groups is 2. The Morgan fingerprint density at radius 2 is 2.05 bits per heavy atom. The molecule has 5 heteroatoms. The summed E-state index contributed by atoms with van der Waals surface area (Å²) in [5.74, 6) is -1.41. The summed E-state index contributed by atoms with van der Waals surface area (Å²) in [5.41, 5.74) is 0.774. The molecule has 0 spiro atoms. The minimum Gasteiger partial charge on any atom is -0.481 e. The number of aliphatic carboxylic acids is 1. The van der Waals surface area contributed by atoms with Gasteiger partial charge in [0.25, 0.3) is 0 Å². The number of thioether (sulfide) groups is 1. The van der Waals surface area contributed by atoms with E-state index in [1.54, 1.807) is 11.8 Å². The van der Waals surface area contributed by atoms with E-state index in [1.165, 1.54) is 0 Å². The summed E-state index contributed by atoms with van der Waals surface area (Å²) < 4.78 is 0. The number of rotatable bonds is 4. The topological polar surface area (TPSA) is 66.4 Å². The number of hydrogen-bond donors (Lipinski definition) is 2. The highest BCUT2D eigenvalue weighted by Crippen LogP contribution is 2.32. The predicted molar refractivity (Wildman–Crippen MR) is 75.3 cm³/mol. The van der Waals surface area contributed by atoms with Crippen LogP contribution in [0.3, 0.4) is 0 Å². The van der Waals surface area contributed by atoms with Crippen molar-refractivity contribution in [1.82, 2.24) is 0 Å². The van der Waals surface area contributed by atoms with Crippen molar-refractivity contribution in [3.63, 3.8) is 0 Å². The monoisotopic (exact) mass is 279 g/mol. The molecule has 19 heavy (non-hydrogen) atoms. The summed E-state index contributed by atoms with van der Waals surface area (Å²) >= 11 is 1.62. The predicted octanol–water partition coefficient (Wildman–Crippen LogP) is 2.85. The van der Waals surface area contributed by atoms with Crippen molar-refractivity contribution in [2.45, 2.75) is 24.2 Å². The van der Waals surface area contributed by atoms with E-state index in [0.29, 0.717) is 19.3 Å². The fourth-order valence-electron chi connectivity index (χ4n) is 2.39. The van der Waals surface area contributed by atoms with Crippen molar-refractivity contribution in [2.75, 3.05) is 11.6 Å². The number of anilines is 1. The zero-order chi connectivity index (χ0) is 13.8. The molecule has 0 bridgehead atoms. The molecule has 1 aromatic carbocycles. The van der Waals surface area contributed by atoms with Crippen molar-refractivity contribution in [3.8, 4) is 0 Å². The second-order valence-electron chi connectivity index (χ2n) is 4.77. The average Bonchev–Trinajstić information content (AvgIpc) is 2.89. The number of nitrogens with one attached hydrogen (secondary N) is 1. The zero-order valence-corrected chi connectivity index (χ0v) is 11.6. The second-order valence-corrected chi connectivity index (χ2v) is 5.65. The Labute approximate surface area is 116 Å². The molecular formula is C14H17NO3S. The van der Waals surface area contributed by atoms with Gasteiger partial charge in [0, 0.05) is 16.5 Å². The molecule has 2 atom stereocenters. The third-order valence-electron chi connectivity index (χ3n) is 3.49. The highest BCUT2D eigenvalue weighted by Gasteiger charge is 2.33. The SMILES string of the molecule is CSc1cccc(NC(=O)C2CCC(C(=O)O)C2)c1. The first-order valence-corrected chi connectivity index (χ1v) is 7.50. The molecule has 2 unspecified atom stereocenters. The van der Waals surface area contributed by atoms with E-state index in [1.807, 2.05) is 30.5 Å². The molecule has 0 aliphatic heterocycles. The van der Waals surface area contributed by atoms with Crippen LogP contribution in [0, 0.1) is 11.8 Å². The third-order valence-corrected chi connectivity index (χ3v) is 4.22. The van der Waals surface area contributed by atoms with Crippen LogP contribution in [-0.4, -0.2) is 23.2 Å². The molecule has 0 heterocycles. The summed E-state index contributed by atoms with van der Waals surface area (Å²) in [6, 6.07) is 7.65. The minimum atomic E-state index is -0.792. The first kappa shape index (κ1) is 13.9. The second kappa shape index (κ2) is 6.10. The maximum atomic E-state index is 12.1. The van der Waals surface area contributed by atoms with E-state index in [2.05, 4.69) is 5.32 Å². The lowest BCUT2D eigenvalue weighted by molar-refractivity contribution is -0.141. The molecule has 0 aromatic heterocycles. The average molecular weight is 279 g/mol. The van der Waals surface area contributed by atoms with Gasteiger partial charge in [-0.2, -0.15) is 0 Å². The Hall–Kier alpha value is -1.49. The van der Waals surface area contributed by atoms with Crippen LogP contribution in [0.2, 0.25) is 0 Å². The van der Waals surface area contributed by atoms with Gasteiger partial charge in [0.2, 0.25) is 5.91 Å². The van der Waals surface area contributed by atoms with Crippen LogP contribution >= 0.6 is 11.8 Å². The standard InChI is InChI=1S/C14H17NO3S/c1-19-12-4-2-3-11(8-12)15-13(16)9-5-6-10(7-9)14(17)18/h2-4,8-10H,5-7H2,1H3,(H,15,16)(H,17,18). The molecule has 4 nitrogen and oxygen atoms in total. The fraction of sp³-hybridized carbons (Fsp3) is 0.429. The van der Waals surface area contributed by atoms with E-state index in [0.717, 1.165) is 10.6 Å². The number of hydrogen-bond acceptors (Lipinski definition) is 3. The quantitative estimate of drug-likeness (QED) is 0.832. The van der Waals surface area contributed by atoms with Gasteiger partial charge >= 0.3 is 5.97 Å². The number of amides is 1. The molecular weight excluding hydrogens is 262 g/mol. The molecule has 1 aliphatic carbocycles. The van der Waals surface area contributed by atoms with Crippen LogP contribution < -0.4 is 5.32 Å². The van der Waals surface area contributed by atoms with Crippen LogP contribution in [0.25, 0.3) is 0 Å². The van der Waals surface area contributed by atoms with Crippen LogP contribution in [-0.2, 0) is 9.59 Å². The van der Waals surface area contributed by atoms with E-state index in [9.17, 15) is 9.59 Å². The minimum absolute atomic E-state index is 0.0676. The highest BCUT2D eigenvalue weighted by atomic mass is 32.2. The molecule has 0 saturated heterocycles. The van der Waals surface area contributed by atoms with Gasteiger partial charge in [-0.3, -0.25) is 9.59 Å². The van der Waals surface area contributed by atoms with Gasteiger partial charge in [0.15, 0.2) is 0 Å². The Morgan fingerprint density at radius 1 is 1.32 bits per heavy atom. The van der Waals surface area contributed by atoms with E-state index >= 15 is 0 Å². The Morgan fingerprint density at radius 3 is 2.68 bits per heavy atom. The van der Waals surface area contributed by atoms with Crippen LogP contribution in [0.5, 0.6) is 0 Å². The summed E-state index contributed by atoms with van der Waals surface area (Å²) in [6.07, 6.45) is 3.68. The zero-order valence-electron chi connectivity index (χ0n) is 10.8. The van der Waals surface area contributed by atoms with Gasteiger partial charge in [0.05, 0.1) is 5.92 Å². The molecule has 102 valence electrons. The lowest BCUT2D eigenvalue weighted by Crippen LogP contribution is -2.21. The Balaban J connectivity index is 1.96. The Bertz CT molecular complexity index is 489. The molecule has 1 fully saturated rings. The molecule has 1 saturated carbocycles. The van der Waals surface area contributed by atoms with E-state index in [4.69, 9.17) is 5.11 Å².